The molecule has 3 N–H and O–H groups in total. The van der Waals surface area contributed by atoms with Gasteiger partial charge in [-0.15, -0.1) is 0 Å². The van der Waals surface area contributed by atoms with Crippen molar-refractivity contribution in [2.24, 2.45) is 0 Å². The molecule has 0 bridgehead atoms. The molecule has 146 valence electrons. The maximum absolute atomic E-state index is 5.53. The monoisotopic (exact) mass is 370 g/mol. The van der Waals surface area contributed by atoms with Crippen molar-refractivity contribution in [2.75, 3.05) is 37.9 Å². The Kier molecular flexibility index (Phi) is 6.13. The highest BCUT2D eigenvalue weighted by Crippen LogP contribution is 2.25. The Morgan fingerprint density at radius 2 is 2.00 bits per heavy atom. The van der Waals surface area contributed by atoms with Crippen molar-refractivity contribution in [3.63, 3.8) is 0 Å². The molecule has 27 heavy (non-hydrogen) atoms. The van der Waals surface area contributed by atoms with Gasteiger partial charge in [0.05, 0.1) is 7.11 Å². The predicted molar refractivity (Wildman–Crippen MR) is 110 cm³/mol. The molecule has 1 saturated heterocycles. The standard InChI is InChI=1S/C20H30N6O/c1-13(2)26-11-17(12-26)22-10-15-9-16(6-7-18(15)27-5)24-20-23-14(3)8-19(21-4)25-20/h6-9,13,17,22H,10-12H2,1-5H3,(H2,21,23,24,25). The van der Waals surface area contributed by atoms with Crippen LogP contribution in [0.1, 0.15) is 25.1 Å². The quantitative estimate of drug-likeness (QED) is 0.660. The van der Waals surface area contributed by atoms with Crippen molar-refractivity contribution in [1.82, 2.24) is 20.2 Å². The van der Waals surface area contributed by atoms with Crippen LogP contribution in [0.25, 0.3) is 0 Å². The van der Waals surface area contributed by atoms with Crippen LogP contribution in [0.4, 0.5) is 17.5 Å². The number of methoxy groups -OCH3 is 1. The van der Waals surface area contributed by atoms with Crippen LogP contribution in [-0.4, -0.2) is 54.2 Å². The van der Waals surface area contributed by atoms with Crippen molar-refractivity contribution >= 4 is 17.5 Å². The Morgan fingerprint density at radius 1 is 1.22 bits per heavy atom. The number of nitrogens with zero attached hydrogens (tertiary/aromatic N) is 3. The summed E-state index contributed by atoms with van der Waals surface area (Å²) in [6.07, 6.45) is 0. The summed E-state index contributed by atoms with van der Waals surface area (Å²) in [5.74, 6) is 2.25. The molecule has 7 heteroatoms. The van der Waals surface area contributed by atoms with Gasteiger partial charge in [0, 0.05) is 61.8 Å². The van der Waals surface area contributed by atoms with E-state index < -0.39 is 0 Å². The average Bonchev–Trinajstić information content (AvgIpc) is 2.59. The first-order valence-corrected chi connectivity index (χ1v) is 9.43. The van der Waals surface area contributed by atoms with E-state index in [-0.39, 0.29) is 0 Å². The molecule has 0 saturated carbocycles. The smallest absolute Gasteiger partial charge is 0.229 e. The van der Waals surface area contributed by atoms with E-state index in [0.29, 0.717) is 18.0 Å². The van der Waals surface area contributed by atoms with E-state index in [1.54, 1.807) is 7.11 Å². The fraction of sp³-hybridized carbons (Fsp3) is 0.500. The number of aromatic nitrogens is 2. The number of hydrogen-bond acceptors (Lipinski definition) is 7. The molecule has 0 atom stereocenters. The van der Waals surface area contributed by atoms with Gasteiger partial charge in [-0.3, -0.25) is 4.90 Å². The van der Waals surface area contributed by atoms with Crippen LogP contribution in [0, 0.1) is 6.92 Å². The molecule has 0 radical (unpaired) electrons. The highest BCUT2D eigenvalue weighted by atomic mass is 16.5. The van der Waals surface area contributed by atoms with Gasteiger partial charge in [0.1, 0.15) is 11.6 Å². The minimum absolute atomic E-state index is 0.534. The fourth-order valence-electron chi connectivity index (χ4n) is 3.19. The zero-order valence-corrected chi connectivity index (χ0v) is 16.8. The topological polar surface area (TPSA) is 74.3 Å². The second-order valence-electron chi connectivity index (χ2n) is 7.25. The van der Waals surface area contributed by atoms with Crippen LogP contribution in [0.2, 0.25) is 0 Å². The summed E-state index contributed by atoms with van der Waals surface area (Å²) < 4.78 is 5.53. The maximum atomic E-state index is 5.53. The molecule has 1 fully saturated rings. The summed E-state index contributed by atoms with van der Waals surface area (Å²) in [7, 11) is 3.56. The van der Waals surface area contributed by atoms with Crippen molar-refractivity contribution in [1.29, 1.82) is 0 Å². The summed E-state index contributed by atoms with van der Waals surface area (Å²) in [6.45, 7) is 9.40. The van der Waals surface area contributed by atoms with E-state index in [1.807, 2.05) is 32.2 Å². The maximum Gasteiger partial charge on any atom is 0.229 e. The minimum Gasteiger partial charge on any atom is -0.496 e. The Hall–Kier alpha value is -2.38. The SMILES string of the molecule is CNc1cc(C)nc(Nc2ccc(OC)c(CNC3CN(C(C)C)C3)c2)n1. The molecule has 0 aliphatic carbocycles. The fourth-order valence-corrected chi connectivity index (χ4v) is 3.19. The highest BCUT2D eigenvalue weighted by molar-refractivity contribution is 5.58. The number of hydrogen-bond donors (Lipinski definition) is 3. The van der Waals surface area contributed by atoms with Gasteiger partial charge in [-0.25, -0.2) is 4.98 Å². The lowest BCUT2D eigenvalue weighted by atomic mass is 10.1. The molecule has 7 nitrogen and oxygen atoms in total. The van der Waals surface area contributed by atoms with Crippen molar-refractivity contribution < 1.29 is 4.74 Å². The molecular formula is C20H30N6O. The molecule has 1 aliphatic heterocycles. The van der Waals surface area contributed by atoms with Crippen LogP contribution in [0.5, 0.6) is 5.75 Å². The van der Waals surface area contributed by atoms with E-state index in [2.05, 4.69) is 50.7 Å². The van der Waals surface area contributed by atoms with E-state index in [4.69, 9.17) is 4.74 Å². The second kappa shape index (κ2) is 8.54. The molecule has 1 aromatic heterocycles. The van der Waals surface area contributed by atoms with Crippen LogP contribution in [0.15, 0.2) is 24.3 Å². The Labute approximate surface area is 161 Å². The third-order valence-electron chi connectivity index (χ3n) is 4.87. The van der Waals surface area contributed by atoms with Gasteiger partial charge in [0.25, 0.3) is 0 Å². The Morgan fingerprint density at radius 3 is 2.67 bits per heavy atom. The van der Waals surface area contributed by atoms with Gasteiger partial charge in [0.15, 0.2) is 0 Å². The Balaban J connectivity index is 1.67. The number of benzene rings is 1. The van der Waals surface area contributed by atoms with Crippen molar-refractivity contribution in [3.05, 3.63) is 35.5 Å². The van der Waals surface area contributed by atoms with Crippen LogP contribution in [0.3, 0.4) is 0 Å². The van der Waals surface area contributed by atoms with E-state index in [0.717, 1.165) is 48.1 Å². The number of nitrogens with one attached hydrogen (secondary N) is 3. The summed E-state index contributed by atoms with van der Waals surface area (Å²) >= 11 is 0. The van der Waals surface area contributed by atoms with Gasteiger partial charge >= 0.3 is 0 Å². The van der Waals surface area contributed by atoms with Crippen molar-refractivity contribution in [3.8, 4) is 5.75 Å². The predicted octanol–water partition coefficient (Wildman–Crippen LogP) is 2.76. The summed E-state index contributed by atoms with van der Waals surface area (Å²) in [4.78, 5) is 11.4. The third-order valence-corrected chi connectivity index (χ3v) is 4.87. The van der Waals surface area contributed by atoms with Crippen LogP contribution >= 0.6 is 0 Å². The normalized spacial score (nSPS) is 14.9. The van der Waals surface area contributed by atoms with Gasteiger partial charge in [-0.05, 0) is 39.0 Å². The van der Waals surface area contributed by atoms with Gasteiger partial charge < -0.3 is 20.7 Å². The number of likely N-dealkylation sites (tertiary alicyclic amines) is 1. The number of rotatable bonds is 8. The van der Waals surface area contributed by atoms with E-state index in [1.165, 1.54) is 0 Å². The summed E-state index contributed by atoms with van der Waals surface area (Å²) in [5.41, 5.74) is 2.97. The van der Waals surface area contributed by atoms with Crippen LogP contribution < -0.4 is 20.7 Å². The first-order valence-electron chi connectivity index (χ1n) is 9.43. The highest BCUT2D eigenvalue weighted by Gasteiger charge is 2.27. The zero-order chi connectivity index (χ0) is 19.4. The lowest BCUT2D eigenvalue weighted by molar-refractivity contribution is 0.0911. The molecule has 2 heterocycles. The van der Waals surface area contributed by atoms with Crippen molar-refractivity contribution in [2.45, 2.75) is 39.4 Å². The summed E-state index contributed by atoms with van der Waals surface area (Å²) in [6, 6.07) is 9.11. The summed E-state index contributed by atoms with van der Waals surface area (Å²) in [5, 5.41) is 9.97. The molecule has 0 amide bonds. The molecule has 1 aromatic carbocycles. The average molecular weight is 371 g/mol. The van der Waals surface area contributed by atoms with Gasteiger partial charge in [0.2, 0.25) is 5.95 Å². The number of anilines is 3. The van der Waals surface area contributed by atoms with Gasteiger partial charge in [-0.2, -0.15) is 4.98 Å². The number of aryl methyl sites for hydroxylation is 1. The number of ether oxygens (including phenoxy) is 1. The molecule has 3 rings (SSSR count). The third kappa shape index (κ3) is 4.87. The second-order valence-corrected chi connectivity index (χ2v) is 7.25. The van der Waals surface area contributed by atoms with Gasteiger partial charge in [-0.1, -0.05) is 0 Å². The molecule has 0 unspecified atom stereocenters. The lowest BCUT2D eigenvalue weighted by Gasteiger charge is -2.42. The first-order chi connectivity index (χ1) is 13.0. The molecular weight excluding hydrogens is 340 g/mol. The minimum atomic E-state index is 0.534. The molecule has 1 aliphatic rings. The van der Waals surface area contributed by atoms with Crippen LogP contribution in [-0.2, 0) is 6.54 Å². The van der Waals surface area contributed by atoms with E-state index in [9.17, 15) is 0 Å². The lowest BCUT2D eigenvalue weighted by Crippen LogP contribution is -2.59. The largest absolute Gasteiger partial charge is 0.496 e. The zero-order valence-electron chi connectivity index (χ0n) is 16.8. The Bertz CT molecular complexity index is 773. The van der Waals surface area contributed by atoms with E-state index >= 15 is 0 Å². The molecule has 0 spiro atoms. The first kappa shape index (κ1) is 19.4. The molecule has 2 aromatic rings.